The number of rotatable bonds is 5. The van der Waals surface area contributed by atoms with Gasteiger partial charge in [0, 0.05) is 11.8 Å². The molecule has 1 heterocycles. The summed E-state index contributed by atoms with van der Waals surface area (Å²) in [7, 11) is 0. The summed E-state index contributed by atoms with van der Waals surface area (Å²) in [6.07, 6.45) is 0.764. The summed E-state index contributed by atoms with van der Waals surface area (Å²) in [6, 6.07) is 7.35. The van der Waals surface area contributed by atoms with Crippen molar-refractivity contribution in [2.45, 2.75) is 0 Å². The Hall–Kier alpha value is -3.53. The van der Waals surface area contributed by atoms with E-state index in [1.807, 2.05) is 0 Å². The van der Waals surface area contributed by atoms with Crippen molar-refractivity contribution in [2.24, 2.45) is 4.99 Å². The third kappa shape index (κ3) is 4.75. The third-order valence-corrected chi connectivity index (χ3v) is 2.43. The molecule has 0 spiro atoms. The van der Waals surface area contributed by atoms with Crippen molar-refractivity contribution < 1.29 is 24.6 Å². The molecule has 0 atom stereocenters. The summed E-state index contributed by atoms with van der Waals surface area (Å²) in [4.78, 5) is 33.1. The zero-order valence-corrected chi connectivity index (χ0v) is 11.5. The summed E-state index contributed by atoms with van der Waals surface area (Å²) < 4.78 is 5.44. The van der Waals surface area contributed by atoms with Gasteiger partial charge in [0.15, 0.2) is 0 Å². The number of hydrogen-bond acceptors (Lipinski definition) is 6. The summed E-state index contributed by atoms with van der Waals surface area (Å²) in [5.41, 5.74) is 1.97. The minimum atomic E-state index is -1.17. The van der Waals surface area contributed by atoms with Crippen LogP contribution < -0.4 is 15.5 Å². The molecule has 2 aromatic rings. The maximum absolute atomic E-state index is 11.6. The SMILES string of the molecule is O=C(O)Nc1ccc(Oc2cc(C(=O)/N=C/NO)ncn2)cc1. The molecule has 0 fully saturated rings. The Morgan fingerprint density at radius 3 is 2.61 bits per heavy atom. The van der Waals surface area contributed by atoms with Crippen LogP contribution in [0.2, 0.25) is 0 Å². The van der Waals surface area contributed by atoms with E-state index in [9.17, 15) is 9.59 Å². The fourth-order valence-corrected chi connectivity index (χ4v) is 1.52. The van der Waals surface area contributed by atoms with Crippen LogP contribution in [0, 0.1) is 0 Å². The maximum atomic E-state index is 11.6. The number of aliphatic imine (C=N–C) groups is 1. The van der Waals surface area contributed by atoms with Gasteiger partial charge in [-0.25, -0.2) is 14.8 Å². The van der Waals surface area contributed by atoms with Gasteiger partial charge < -0.3 is 9.84 Å². The highest BCUT2D eigenvalue weighted by molar-refractivity contribution is 5.97. The van der Waals surface area contributed by atoms with E-state index in [-0.39, 0.29) is 11.6 Å². The van der Waals surface area contributed by atoms with Crippen molar-refractivity contribution in [3.8, 4) is 11.6 Å². The minimum Gasteiger partial charge on any atom is -0.465 e. The number of hydrogen-bond donors (Lipinski definition) is 4. The molecule has 0 aliphatic rings. The highest BCUT2D eigenvalue weighted by atomic mass is 16.5. The van der Waals surface area contributed by atoms with E-state index < -0.39 is 12.0 Å². The number of carbonyl (C=O) groups excluding carboxylic acids is 1. The predicted molar refractivity (Wildman–Crippen MR) is 77.9 cm³/mol. The largest absolute Gasteiger partial charge is 0.465 e. The van der Waals surface area contributed by atoms with Crippen LogP contribution in [0.5, 0.6) is 11.6 Å². The first kappa shape index (κ1) is 15.9. The van der Waals surface area contributed by atoms with Crippen LogP contribution in [-0.2, 0) is 0 Å². The standard InChI is InChI=1S/C13H11N5O5/c19-12(16-7-17-22)10-5-11(15-6-14-10)23-9-3-1-8(2-4-9)18-13(20)21/h1-7,18,22H,(H,20,21)(H,16,17,19). The average molecular weight is 317 g/mol. The number of amides is 2. The molecule has 0 saturated heterocycles. The highest BCUT2D eigenvalue weighted by Crippen LogP contribution is 2.21. The lowest BCUT2D eigenvalue weighted by Gasteiger charge is -2.06. The number of carbonyl (C=O) groups is 2. The van der Waals surface area contributed by atoms with Gasteiger partial charge in [-0.15, -0.1) is 0 Å². The van der Waals surface area contributed by atoms with Gasteiger partial charge in [-0.3, -0.25) is 20.8 Å². The Balaban J connectivity index is 2.09. The van der Waals surface area contributed by atoms with Gasteiger partial charge in [0.25, 0.3) is 5.91 Å². The molecule has 0 unspecified atom stereocenters. The minimum absolute atomic E-state index is 0.0225. The topological polar surface area (TPSA) is 146 Å². The first-order valence-corrected chi connectivity index (χ1v) is 6.15. The lowest BCUT2D eigenvalue weighted by Crippen LogP contribution is -2.07. The zero-order valence-electron chi connectivity index (χ0n) is 11.5. The number of benzene rings is 1. The molecule has 2 rings (SSSR count). The molecule has 10 heteroatoms. The van der Waals surface area contributed by atoms with E-state index in [1.165, 1.54) is 30.3 Å². The second-order valence-electron chi connectivity index (χ2n) is 3.99. The highest BCUT2D eigenvalue weighted by Gasteiger charge is 2.08. The summed E-state index contributed by atoms with van der Waals surface area (Å²) in [5, 5.41) is 19.1. The lowest BCUT2D eigenvalue weighted by atomic mass is 10.3. The van der Waals surface area contributed by atoms with Crippen LogP contribution in [0.3, 0.4) is 0 Å². The smallest absolute Gasteiger partial charge is 0.409 e. The van der Waals surface area contributed by atoms with Crippen molar-refractivity contribution in [3.63, 3.8) is 0 Å². The molecule has 0 radical (unpaired) electrons. The van der Waals surface area contributed by atoms with Crippen LogP contribution in [0.1, 0.15) is 10.5 Å². The zero-order chi connectivity index (χ0) is 16.7. The third-order valence-electron chi connectivity index (χ3n) is 2.43. The van der Waals surface area contributed by atoms with Crippen LogP contribution in [0.15, 0.2) is 41.7 Å². The van der Waals surface area contributed by atoms with Crippen LogP contribution in [0.4, 0.5) is 10.5 Å². The monoisotopic (exact) mass is 317 g/mol. The van der Waals surface area contributed by atoms with Gasteiger partial charge in [-0.1, -0.05) is 0 Å². The summed E-state index contributed by atoms with van der Waals surface area (Å²) in [5.74, 6) is -0.201. The number of ether oxygens (including phenoxy) is 1. The average Bonchev–Trinajstić information content (AvgIpc) is 2.54. The van der Waals surface area contributed by atoms with Crippen molar-refractivity contribution in [2.75, 3.05) is 5.32 Å². The Bertz CT molecular complexity index is 732. The number of aromatic nitrogens is 2. The lowest BCUT2D eigenvalue weighted by molar-refractivity contribution is 0.0995. The molecule has 0 aliphatic carbocycles. The van der Waals surface area contributed by atoms with Crippen molar-refractivity contribution >= 4 is 24.0 Å². The Morgan fingerprint density at radius 1 is 1.22 bits per heavy atom. The van der Waals surface area contributed by atoms with Crippen LogP contribution in [-0.4, -0.2) is 38.6 Å². The fraction of sp³-hybridized carbons (Fsp3) is 0. The number of hydroxylamine groups is 1. The van der Waals surface area contributed by atoms with E-state index in [2.05, 4.69) is 20.3 Å². The Kier molecular flexibility index (Phi) is 5.15. The second kappa shape index (κ2) is 7.47. The van der Waals surface area contributed by atoms with Gasteiger partial charge in [-0.2, -0.15) is 4.99 Å². The summed E-state index contributed by atoms with van der Waals surface area (Å²) in [6.45, 7) is 0. The van der Waals surface area contributed by atoms with Gasteiger partial charge >= 0.3 is 6.09 Å². The number of carboxylic acid groups (broad SMARTS) is 1. The first-order valence-electron chi connectivity index (χ1n) is 6.15. The molecule has 0 aliphatic heterocycles. The molecule has 23 heavy (non-hydrogen) atoms. The van der Waals surface area contributed by atoms with E-state index in [4.69, 9.17) is 15.1 Å². The molecule has 0 saturated carbocycles. The Labute approximate surface area is 129 Å². The fourth-order valence-electron chi connectivity index (χ4n) is 1.52. The van der Waals surface area contributed by atoms with Crippen molar-refractivity contribution in [1.82, 2.24) is 15.4 Å². The maximum Gasteiger partial charge on any atom is 0.409 e. The molecule has 4 N–H and O–H groups in total. The van der Waals surface area contributed by atoms with E-state index in [0.29, 0.717) is 11.4 Å². The number of anilines is 1. The molecular formula is C13H11N5O5. The molecule has 118 valence electrons. The predicted octanol–water partition coefficient (Wildman–Crippen LogP) is 1.51. The molecule has 10 nitrogen and oxygen atoms in total. The first-order chi connectivity index (χ1) is 11.1. The van der Waals surface area contributed by atoms with Crippen LogP contribution in [0.25, 0.3) is 0 Å². The van der Waals surface area contributed by atoms with Crippen LogP contribution >= 0.6 is 0 Å². The molecule has 0 bridgehead atoms. The number of nitrogens with one attached hydrogen (secondary N) is 2. The molecule has 1 aromatic heterocycles. The quantitative estimate of drug-likeness (QED) is 0.368. The van der Waals surface area contributed by atoms with Crippen molar-refractivity contribution in [3.05, 3.63) is 42.4 Å². The summed E-state index contributed by atoms with van der Waals surface area (Å²) >= 11 is 0. The van der Waals surface area contributed by atoms with Gasteiger partial charge in [0.2, 0.25) is 5.88 Å². The normalized spacial score (nSPS) is 10.3. The molecule has 1 aromatic carbocycles. The molecule has 2 amide bonds. The van der Waals surface area contributed by atoms with Crippen molar-refractivity contribution in [1.29, 1.82) is 0 Å². The number of nitrogens with zero attached hydrogens (tertiary/aromatic N) is 3. The van der Waals surface area contributed by atoms with Gasteiger partial charge in [-0.05, 0) is 24.3 Å². The second-order valence-corrected chi connectivity index (χ2v) is 3.99. The van der Waals surface area contributed by atoms with Gasteiger partial charge in [0.05, 0.1) is 0 Å². The van der Waals surface area contributed by atoms with Gasteiger partial charge in [0.1, 0.15) is 24.1 Å². The van der Waals surface area contributed by atoms with E-state index in [0.717, 1.165) is 12.7 Å². The Morgan fingerprint density at radius 2 is 1.96 bits per heavy atom. The molecular weight excluding hydrogens is 306 g/mol. The van der Waals surface area contributed by atoms with E-state index in [1.54, 1.807) is 5.48 Å². The van der Waals surface area contributed by atoms with E-state index >= 15 is 0 Å².